The van der Waals surface area contributed by atoms with Gasteiger partial charge in [-0.25, -0.2) is 0 Å². The molecule has 0 spiro atoms. The summed E-state index contributed by atoms with van der Waals surface area (Å²) < 4.78 is 0. The summed E-state index contributed by atoms with van der Waals surface area (Å²) in [5.74, 6) is -1.34. The van der Waals surface area contributed by atoms with Gasteiger partial charge < -0.3 is 10.2 Å². The second-order valence-corrected chi connectivity index (χ2v) is 4.78. The van der Waals surface area contributed by atoms with Crippen molar-refractivity contribution < 1.29 is 19.8 Å². The van der Waals surface area contributed by atoms with Crippen molar-refractivity contribution in [2.75, 3.05) is 0 Å². The van der Waals surface area contributed by atoms with Crippen LogP contribution in [0.1, 0.15) is 46.5 Å². The summed E-state index contributed by atoms with van der Waals surface area (Å²) in [7, 11) is 0. The fraction of sp³-hybridized carbons (Fsp3) is 0.818. The number of carbonyl (C=O) groups is 2. The molecule has 0 heterocycles. The quantitative estimate of drug-likeness (QED) is 0.685. The van der Waals surface area contributed by atoms with Gasteiger partial charge in [0.25, 0.3) is 0 Å². The molecule has 0 aliphatic carbocycles. The Bertz CT molecular complexity index is 233. The van der Waals surface area contributed by atoms with Crippen LogP contribution >= 0.6 is 0 Å². The molecule has 0 saturated carbocycles. The standard InChI is InChI=1S/C11H20O4/c1-8(5-4-6-9(12)13)7-11(2,3)10(14)15/h8H,4-7H2,1-3H3,(H,12,13)(H,14,15). The van der Waals surface area contributed by atoms with E-state index in [0.717, 1.165) is 6.42 Å². The minimum atomic E-state index is -0.799. The fourth-order valence-corrected chi connectivity index (χ4v) is 1.66. The third-order valence-corrected chi connectivity index (χ3v) is 2.53. The summed E-state index contributed by atoms with van der Waals surface area (Å²) in [6.45, 7) is 5.36. The highest BCUT2D eigenvalue weighted by Gasteiger charge is 2.28. The van der Waals surface area contributed by atoms with Crippen LogP contribution in [0.25, 0.3) is 0 Å². The Hall–Kier alpha value is -1.06. The molecular formula is C11H20O4. The Kier molecular flexibility index (Phi) is 5.33. The van der Waals surface area contributed by atoms with E-state index in [4.69, 9.17) is 10.2 Å². The first-order valence-corrected chi connectivity index (χ1v) is 5.21. The minimum Gasteiger partial charge on any atom is -0.481 e. The zero-order valence-electron chi connectivity index (χ0n) is 9.62. The molecule has 1 unspecified atom stereocenters. The molecule has 1 atom stereocenters. The number of hydrogen-bond donors (Lipinski definition) is 2. The van der Waals surface area contributed by atoms with Crippen molar-refractivity contribution in [2.24, 2.45) is 11.3 Å². The third kappa shape index (κ3) is 6.10. The molecule has 0 radical (unpaired) electrons. The lowest BCUT2D eigenvalue weighted by Crippen LogP contribution is -2.26. The highest BCUT2D eigenvalue weighted by atomic mass is 16.4. The van der Waals surface area contributed by atoms with Gasteiger partial charge in [0.05, 0.1) is 5.41 Å². The van der Waals surface area contributed by atoms with Crippen LogP contribution in [0, 0.1) is 11.3 Å². The maximum absolute atomic E-state index is 10.8. The Balaban J connectivity index is 3.88. The van der Waals surface area contributed by atoms with E-state index in [-0.39, 0.29) is 12.3 Å². The van der Waals surface area contributed by atoms with Gasteiger partial charge in [-0.3, -0.25) is 9.59 Å². The summed E-state index contributed by atoms with van der Waals surface area (Å²) in [5, 5.41) is 17.4. The van der Waals surface area contributed by atoms with E-state index in [9.17, 15) is 9.59 Å². The molecule has 0 rings (SSSR count). The van der Waals surface area contributed by atoms with Crippen LogP contribution in [-0.2, 0) is 9.59 Å². The van der Waals surface area contributed by atoms with E-state index in [2.05, 4.69) is 0 Å². The molecule has 15 heavy (non-hydrogen) atoms. The second kappa shape index (κ2) is 5.73. The predicted octanol–water partition coefficient (Wildman–Crippen LogP) is 2.38. The summed E-state index contributed by atoms with van der Waals surface area (Å²) in [6, 6.07) is 0. The van der Waals surface area contributed by atoms with Crippen LogP contribution in [0.5, 0.6) is 0 Å². The molecule has 0 aromatic heterocycles. The van der Waals surface area contributed by atoms with Crippen molar-refractivity contribution in [3.8, 4) is 0 Å². The Labute approximate surface area is 90.3 Å². The number of hydrogen-bond acceptors (Lipinski definition) is 2. The minimum absolute atomic E-state index is 0.165. The first kappa shape index (κ1) is 13.9. The van der Waals surface area contributed by atoms with Crippen molar-refractivity contribution >= 4 is 11.9 Å². The Morgan fingerprint density at radius 1 is 1.27 bits per heavy atom. The monoisotopic (exact) mass is 216 g/mol. The van der Waals surface area contributed by atoms with Gasteiger partial charge in [-0.05, 0) is 32.6 Å². The summed E-state index contributed by atoms with van der Waals surface area (Å²) in [4.78, 5) is 21.1. The van der Waals surface area contributed by atoms with Gasteiger partial charge >= 0.3 is 11.9 Å². The maximum Gasteiger partial charge on any atom is 0.309 e. The normalized spacial score (nSPS) is 13.5. The summed E-state index contributed by atoms with van der Waals surface area (Å²) in [5.41, 5.74) is -0.720. The van der Waals surface area contributed by atoms with E-state index in [1.807, 2.05) is 6.92 Å². The molecule has 4 heteroatoms. The fourth-order valence-electron chi connectivity index (χ4n) is 1.66. The largest absolute Gasteiger partial charge is 0.481 e. The van der Waals surface area contributed by atoms with E-state index < -0.39 is 17.4 Å². The number of carboxylic acid groups (broad SMARTS) is 2. The number of rotatable bonds is 7. The van der Waals surface area contributed by atoms with Crippen LogP contribution in [0.2, 0.25) is 0 Å². The Morgan fingerprint density at radius 2 is 1.80 bits per heavy atom. The zero-order chi connectivity index (χ0) is 12.1. The van der Waals surface area contributed by atoms with E-state index in [0.29, 0.717) is 12.8 Å². The van der Waals surface area contributed by atoms with E-state index in [1.165, 1.54) is 0 Å². The first-order valence-electron chi connectivity index (χ1n) is 5.21. The third-order valence-electron chi connectivity index (χ3n) is 2.53. The summed E-state index contributed by atoms with van der Waals surface area (Å²) >= 11 is 0. The van der Waals surface area contributed by atoms with Crippen molar-refractivity contribution in [1.82, 2.24) is 0 Å². The van der Waals surface area contributed by atoms with Gasteiger partial charge in [0, 0.05) is 6.42 Å². The van der Waals surface area contributed by atoms with Gasteiger partial charge in [0.15, 0.2) is 0 Å². The van der Waals surface area contributed by atoms with Gasteiger partial charge in [-0.2, -0.15) is 0 Å². The molecule has 0 amide bonds. The average molecular weight is 216 g/mol. The maximum atomic E-state index is 10.8. The molecule has 0 aromatic rings. The lowest BCUT2D eigenvalue weighted by Gasteiger charge is -2.23. The topological polar surface area (TPSA) is 74.6 Å². The number of aliphatic carboxylic acids is 2. The van der Waals surface area contributed by atoms with Crippen LogP contribution in [0.15, 0.2) is 0 Å². The van der Waals surface area contributed by atoms with E-state index in [1.54, 1.807) is 13.8 Å². The van der Waals surface area contributed by atoms with Crippen LogP contribution in [0.4, 0.5) is 0 Å². The molecule has 0 aliphatic rings. The van der Waals surface area contributed by atoms with Crippen molar-refractivity contribution in [1.29, 1.82) is 0 Å². The number of carboxylic acids is 2. The highest BCUT2D eigenvalue weighted by Crippen LogP contribution is 2.28. The predicted molar refractivity (Wildman–Crippen MR) is 56.7 cm³/mol. The lowest BCUT2D eigenvalue weighted by molar-refractivity contribution is -0.148. The molecule has 0 bridgehead atoms. The molecule has 0 aliphatic heterocycles. The molecule has 0 aromatic carbocycles. The van der Waals surface area contributed by atoms with Crippen molar-refractivity contribution in [3.63, 3.8) is 0 Å². The molecule has 2 N–H and O–H groups in total. The van der Waals surface area contributed by atoms with Gasteiger partial charge in [0.2, 0.25) is 0 Å². The second-order valence-electron chi connectivity index (χ2n) is 4.78. The van der Waals surface area contributed by atoms with Gasteiger partial charge in [-0.15, -0.1) is 0 Å². The highest BCUT2D eigenvalue weighted by molar-refractivity contribution is 5.73. The molecule has 4 nitrogen and oxygen atoms in total. The molecule has 88 valence electrons. The zero-order valence-corrected chi connectivity index (χ0v) is 9.62. The van der Waals surface area contributed by atoms with Crippen LogP contribution < -0.4 is 0 Å². The van der Waals surface area contributed by atoms with Crippen LogP contribution in [0.3, 0.4) is 0 Å². The summed E-state index contributed by atoms with van der Waals surface area (Å²) in [6.07, 6.45) is 2.13. The lowest BCUT2D eigenvalue weighted by atomic mass is 9.82. The molecular weight excluding hydrogens is 196 g/mol. The van der Waals surface area contributed by atoms with Crippen molar-refractivity contribution in [2.45, 2.75) is 46.5 Å². The van der Waals surface area contributed by atoms with Gasteiger partial charge in [-0.1, -0.05) is 13.3 Å². The van der Waals surface area contributed by atoms with Crippen molar-refractivity contribution in [3.05, 3.63) is 0 Å². The Morgan fingerprint density at radius 3 is 2.20 bits per heavy atom. The van der Waals surface area contributed by atoms with E-state index >= 15 is 0 Å². The molecule has 0 saturated heterocycles. The average Bonchev–Trinajstić information content (AvgIpc) is 2.01. The van der Waals surface area contributed by atoms with Gasteiger partial charge in [0.1, 0.15) is 0 Å². The first-order chi connectivity index (χ1) is 6.75. The SMILES string of the molecule is CC(CCCC(=O)O)CC(C)(C)C(=O)O. The van der Waals surface area contributed by atoms with Crippen LogP contribution in [-0.4, -0.2) is 22.2 Å². The smallest absolute Gasteiger partial charge is 0.309 e. The molecule has 0 fully saturated rings.